The van der Waals surface area contributed by atoms with Crippen molar-refractivity contribution in [3.05, 3.63) is 52.2 Å². The number of nitrogens with one attached hydrogen (secondary N) is 1. The number of amides is 1. The Morgan fingerprint density at radius 3 is 2.50 bits per heavy atom. The second kappa shape index (κ2) is 10.5. The molecule has 0 bridgehead atoms. The van der Waals surface area contributed by atoms with E-state index in [1.165, 1.54) is 4.88 Å². The summed E-state index contributed by atoms with van der Waals surface area (Å²) in [6, 6.07) is 10.6. The number of esters is 1. The number of rotatable bonds is 10. The normalized spacial score (nSPS) is 10.3. The lowest BCUT2D eigenvalue weighted by atomic mass is 10.1. The van der Waals surface area contributed by atoms with Gasteiger partial charge < -0.3 is 10.1 Å². The Bertz CT molecular complexity index is 723. The fourth-order valence-electron chi connectivity index (χ4n) is 2.35. The molecule has 1 aromatic heterocycles. The van der Waals surface area contributed by atoms with Crippen LogP contribution in [0, 0.1) is 0 Å². The molecule has 1 aromatic carbocycles. The summed E-state index contributed by atoms with van der Waals surface area (Å²) in [5.74, 6) is -0.676. The fraction of sp³-hybridized carbons (Fsp3) is 0.350. The van der Waals surface area contributed by atoms with E-state index in [1.54, 1.807) is 35.6 Å². The van der Waals surface area contributed by atoms with Crippen LogP contribution >= 0.6 is 11.3 Å². The number of hydrogen-bond donors (Lipinski definition) is 1. The van der Waals surface area contributed by atoms with Gasteiger partial charge in [0.2, 0.25) is 5.91 Å². The molecule has 0 saturated carbocycles. The van der Waals surface area contributed by atoms with Gasteiger partial charge in [0, 0.05) is 29.0 Å². The minimum atomic E-state index is -0.363. The number of carbonyl (C=O) groups excluding carboxylic acids is 3. The Balaban J connectivity index is 1.71. The maximum Gasteiger partial charge on any atom is 0.306 e. The molecule has 138 valence electrons. The van der Waals surface area contributed by atoms with Crippen molar-refractivity contribution in [2.75, 3.05) is 11.9 Å². The van der Waals surface area contributed by atoms with Gasteiger partial charge in [0.1, 0.15) is 0 Å². The number of benzene rings is 1. The summed E-state index contributed by atoms with van der Waals surface area (Å²) in [5.41, 5.74) is 1.09. The molecule has 2 rings (SSSR count). The van der Waals surface area contributed by atoms with E-state index in [9.17, 15) is 14.4 Å². The summed E-state index contributed by atoms with van der Waals surface area (Å²) >= 11 is 1.66. The molecule has 26 heavy (non-hydrogen) atoms. The summed E-state index contributed by atoms with van der Waals surface area (Å²) in [6.45, 7) is 1.67. The van der Waals surface area contributed by atoms with Crippen LogP contribution in [-0.2, 0) is 20.7 Å². The molecule has 1 amide bonds. The van der Waals surface area contributed by atoms with Crippen molar-refractivity contribution in [2.45, 2.75) is 39.0 Å². The highest BCUT2D eigenvalue weighted by Gasteiger charge is 2.10. The summed E-state index contributed by atoms with van der Waals surface area (Å²) in [6.07, 6.45) is 3.09. The molecule has 5 nitrogen and oxygen atoms in total. The van der Waals surface area contributed by atoms with Crippen molar-refractivity contribution in [1.82, 2.24) is 0 Å². The van der Waals surface area contributed by atoms with Crippen molar-refractivity contribution >= 4 is 34.7 Å². The second-order valence-electron chi connectivity index (χ2n) is 5.89. The largest absolute Gasteiger partial charge is 0.457 e. The summed E-state index contributed by atoms with van der Waals surface area (Å²) < 4.78 is 5.05. The Kier molecular flexibility index (Phi) is 8.02. The van der Waals surface area contributed by atoms with Crippen LogP contribution in [0.5, 0.6) is 0 Å². The standard InChI is InChI=1S/C20H23NO4S/c1-2-5-19(23)21-16-11-9-15(10-12-16)18(22)14-25-20(24)8-3-6-17-7-4-13-26-17/h4,7,9-13H,2-3,5-6,8,14H2,1H3,(H,21,23). The lowest BCUT2D eigenvalue weighted by Crippen LogP contribution is -2.14. The molecule has 1 N–H and O–H groups in total. The third-order valence-electron chi connectivity index (χ3n) is 3.72. The number of carbonyl (C=O) groups is 3. The van der Waals surface area contributed by atoms with E-state index in [0.29, 0.717) is 30.5 Å². The first-order valence-electron chi connectivity index (χ1n) is 8.69. The van der Waals surface area contributed by atoms with Gasteiger partial charge in [-0.1, -0.05) is 13.0 Å². The molecule has 0 fully saturated rings. The zero-order valence-corrected chi connectivity index (χ0v) is 15.6. The first-order valence-corrected chi connectivity index (χ1v) is 9.57. The Hall–Kier alpha value is -2.47. The van der Waals surface area contributed by atoms with Crippen molar-refractivity contribution in [2.24, 2.45) is 0 Å². The molecule has 0 spiro atoms. The zero-order valence-electron chi connectivity index (χ0n) is 14.8. The summed E-state index contributed by atoms with van der Waals surface area (Å²) in [4.78, 5) is 36.6. The van der Waals surface area contributed by atoms with Crippen molar-refractivity contribution < 1.29 is 19.1 Å². The van der Waals surface area contributed by atoms with E-state index in [4.69, 9.17) is 4.74 Å². The topological polar surface area (TPSA) is 72.5 Å². The molecular weight excluding hydrogens is 350 g/mol. The highest BCUT2D eigenvalue weighted by molar-refractivity contribution is 7.09. The lowest BCUT2D eigenvalue weighted by molar-refractivity contribution is -0.142. The maximum absolute atomic E-state index is 12.1. The Morgan fingerprint density at radius 1 is 1.08 bits per heavy atom. The van der Waals surface area contributed by atoms with Crippen LogP contribution in [0.3, 0.4) is 0 Å². The number of thiophene rings is 1. The highest BCUT2D eigenvalue weighted by Crippen LogP contribution is 2.13. The fourth-order valence-corrected chi connectivity index (χ4v) is 3.10. The van der Waals surface area contributed by atoms with Crippen molar-refractivity contribution in [3.63, 3.8) is 0 Å². The molecule has 0 aliphatic carbocycles. The van der Waals surface area contributed by atoms with E-state index in [1.807, 2.05) is 24.4 Å². The second-order valence-corrected chi connectivity index (χ2v) is 6.92. The Labute approximate surface area is 157 Å². The third kappa shape index (κ3) is 6.80. The summed E-state index contributed by atoms with van der Waals surface area (Å²) in [5, 5.41) is 4.77. The third-order valence-corrected chi connectivity index (χ3v) is 4.65. The molecule has 6 heteroatoms. The van der Waals surface area contributed by atoms with Crippen molar-refractivity contribution in [1.29, 1.82) is 0 Å². The average Bonchev–Trinajstić information content (AvgIpc) is 3.14. The summed E-state index contributed by atoms with van der Waals surface area (Å²) in [7, 11) is 0. The van der Waals surface area contributed by atoms with Gasteiger partial charge in [-0.15, -0.1) is 11.3 Å². The number of Topliss-reactive ketones (excluding diaryl/α,β-unsaturated/α-hetero) is 1. The van der Waals surface area contributed by atoms with Gasteiger partial charge in [-0.2, -0.15) is 0 Å². The molecule has 2 aromatic rings. The average molecular weight is 373 g/mol. The van der Waals surface area contributed by atoms with Crippen molar-refractivity contribution in [3.8, 4) is 0 Å². The monoisotopic (exact) mass is 373 g/mol. The maximum atomic E-state index is 12.1. The van der Waals surface area contributed by atoms with Gasteiger partial charge in [0.05, 0.1) is 0 Å². The SMILES string of the molecule is CCCC(=O)Nc1ccc(C(=O)COC(=O)CCCc2cccs2)cc1. The molecule has 0 saturated heterocycles. The van der Waals surface area contributed by atoms with Gasteiger partial charge in [-0.3, -0.25) is 14.4 Å². The molecular formula is C20H23NO4S. The predicted molar refractivity (Wildman–Crippen MR) is 103 cm³/mol. The molecule has 0 unspecified atom stereocenters. The smallest absolute Gasteiger partial charge is 0.306 e. The molecule has 1 heterocycles. The van der Waals surface area contributed by atoms with Gasteiger partial charge in [-0.05, 0) is 55.0 Å². The van der Waals surface area contributed by atoms with E-state index < -0.39 is 0 Å². The lowest BCUT2D eigenvalue weighted by Gasteiger charge is -2.07. The molecule has 0 aliphatic heterocycles. The molecule has 0 aliphatic rings. The molecule has 0 atom stereocenters. The van der Waals surface area contributed by atoms with Gasteiger partial charge in [0.25, 0.3) is 0 Å². The van der Waals surface area contributed by atoms with Crippen LogP contribution in [0.2, 0.25) is 0 Å². The zero-order chi connectivity index (χ0) is 18.8. The van der Waals surface area contributed by atoms with Gasteiger partial charge in [-0.25, -0.2) is 0 Å². The van der Waals surface area contributed by atoms with Gasteiger partial charge in [0.15, 0.2) is 12.4 Å². The number of aryl methyl sites for hydroxylation is 1. The minimum absolute atomic E-state index is 0.0527. The number of ether oxygens (including phenoxy) is 1. The number of hydrogen-bond acceptors (Lipinski definition) is 5. The highest BCUT2D eigenvalue weighted by atomic mass is 32.1. The van der Waals surface area contributed by atoms with E-state index >= 15 is 0 Å². The first-order chi connectivity index (χ1) is 12.6. The molecule has 0 radical (unpaired) electrons. The van der Waals surface area contributed by atoms with E-state index in [0.717, 1.165) is 12.8 Å². The van der Waals surface area contributed by atoms with Crippen LogP contribution in [-0.4, -0.2) is 24.3 Å². The number of ketones is 1. The van der Waals surface area contributed by atoms with Crippen LogP contribution in [0.25, 0.3) is 0 Å². The Morgan fingerprint density at radius 2 is 1.85 bits per heavy atom. The quantitative estimate of drug-likeness (QED) is 0.499. The van der Waals surface area contributed by atoms with Crippen LogP contribution in [0.4, 0.5) is 5.69 Å². The van der Waals surface area contributed by atoms with E-state index in [-0.39, 0.29) is 24.3 Å². The van der Waals surface area contributed by atoms with Crippen LogP contribution in [0.1, 0.15) is 47.8 Å². The van der Waals surface area contributed by atoms with E-state index in [2.05, 4.69) is 5.32 Å². The van der Waals surface area contributed by atoms with Crippen LogP contribution < -0.4 is 5.32 Å². The van der Waals surface area contributed by atoms with Crippen LogP contribution in [0.15, 0.2) is 41.8 Å². The minimum Gasteiger partial charge on any atom is -0.457 e. The number of anilines is 1. The predicted octanol–water partition coefficient (Wildman–Crippen LogP) is 4.24. The van der Waals surface area contributed by atoms with Gasteiger partial charge >= 0.3 is 5.97 Å². The first kappa shape index (κ1) is 19.8.